The predicted molar refractivity (Wildman–Crippen MR) is 92.5 cm³/mol. The number of hydrogen-bond donors (Lipinski definition) is 1. The number of carbonyl (C=O) groups is 1. The molecule has 0 atom stereocenters. The van der Waals surface area contributed by atoms with Gasteiger partial charge in [0.2, 0.25) is 15.9 Å². The van der Waals surface area contributed by atoms with Gasteiger partial charge in [-0.3, -0.25) is 4.79 Å². The second-order valence-corrected chi connectivity index (χ2v) is 7.84. The number of nitrogens with one attached hydrogen (secondary N) is 1. The van der Waals surface area contributed by atoms with Crippen molar-refractivity contribution in [3.63, 3.8) is 0 Å². The van der Waals surface area contributed by atoms with E-state index in [0.29, 0.717) is 24.7 Å². The third-order valence-corrected chi connectivity index (χ3v) is 5.63. The summed E-state index contributed by atoms with van der Waals surface area (Å²) < 4.78 is 32.3. The van der Waals surface area contributed by atoms with Crippen LogP contribution in [-0.4, -0.2) is 51.6 Å². The fourth-order valence-electron chi connectivity index (χ4n) is 2.68. The zero-order chi connectivity index (χ0) is 17.6. The smallest absolute Gasteiger partial charge is 0.240 e. The van der Waals surface area contributed by atoms with Gasteiger partial charge in [0.15, 0.2) is 0 Å². The van der Waals surface area contributed by atoms with Crippen molar-refractivity contribution in [2.24, 2.45) is 0 Å². The van der Waals surface area contributed by atoms with Crippen LogP contribution >= 0.6 is 11.6 Å². The van der Waals surface area contributed by atoms with E-state index in [-0.39, 0.29) is 29.9 Å². The zero-order valence-electron chi connectivity index (χ0n) is 13.7. The molecule has 6 nitrogen and oxygen atoms in total. The molecule has 0 bridgehead atoms. The number of piperidine rings is 1. The van der Waals surface area contributed by atoms with E-state index in [9.17, 15) is 13.2 Å². The highest BCUT2D eigenvalue weighted by molar-refractivity contribution is 7.89. The first-order chi connectivity index (χ1) is 11.4. The quantitative estimate of drug-likeness (QED) is 0.792. The Morgan fingerprint density at radius 1 is 1.38 bits per heavy atom. The molecule has 1 fully saturated rings. The molecule has 2 rings (SSSR count). The van der Waals surface area contributed by atoms with Gasteiger partial charge in [0.25, 0.3) is 0 Å². The number of nitrogens with zero attached hydrogens (tertiary/aromatic N) is 1. The van der Waals surface area contributed by atoms with E-state index in [4.69, 9.17) is 16.3 Å². The Bertz CT molecular complexity index is 658. The number of halogens is 1. The molecule has 24 heavy (non-hydrogen) atoms. The molecule has 0 saturated carbocycles. The molecule has 1 N–H and O–H groups in total. The highest BCUT2D eigenvalue weighted by Crippen LogP contribution is 2.16. The second-order valence-electron chi connectivity index (χ2n) is 5.64. The fourth-order valence-corrected chi connectivity index (χ4v) is 4.01. The molecule has 1 saturated heterocycles. The minimum Gasteiger partial charge on any atom is -0.378 e. The topological polar surface area (TPSA) is 75.7 Å². The van der Waals surface area contributed by atoms with Gasteiger partial charge in [0, 0.05) is 37.7 Å². The summed E-state index contributed by atoms with van der Waals surface area (Å²) in [4.78, 5) is 14.0. The van der Waals surface area contributed by atoms with Crippen molar-refractivity contribution >= 4 is 27.5 Å². The Morgan fingerprint density at radius 2 is 2.08 bits per heavy atom. The summed E-state index contributed by atoms with van der Waals surface area (Å²) in [7, 11) is -3.65. The summed E-state index contributed by atoms with van der Waals surface area (Å²) in [6.07, 6.45) is 2.01. The van der Waals surface area contributed by atoms with Crippen LogP contribution in [0.4, 0.5) is 0 Å². The Hall–Kier alpha value is -1.15. The van der Waals surface area contributed by atoms with Crippen LogP contribution in [0.25, 0.3) is 0 Å². The van der Waals surface area contributed by atoms with Gasteiger partial charge in [-0.05, 0) is 38.0 Å². The normalized spacial score (nSPS) is 16.3. The zero-order valence-corrected chi connectivity index (χ0v) is 15.3. The van der Waals surface area contributed by atoms with E-state index in [1.54, 1.807) is 17.0 Å². The molecule has 1 aliphatic rings. The summed E-state index contributed by atoms with van der Waals surface area (Å²) in [5.41, 5.74) is 0. The molecule has 1 aromatic rings. The van der Waals surface area contributed by atoms with Crippen molar-refractivity contribution in [2.45, 2.75) is 37.2 Å². The molecule has 0 radical (unpaired) electrons. The average Bonchev–Trinajstić information content (AvgIpc) is 2.55. The first-order valence-corrected chi connectivity index (χ1v) is 9.93. The first-order valence-electron chi connectivity index (χ1n) is 8.07. The number of sulfonamides is 1. The number of carbonyl (C=O) groups excluding carboxylic acids is 1. The molecule has 134 valence electrons. The predicted octanol–water partition coefficient (Wildman–Crippen LogP) is 2.04. The summed E-state index contributed by atoms with van der Waals surface area (Å²) >= 11 is 5.81. The van der Waals surface area contributed by atoms with Crippen LogP contribution in [0.15, 0.2) is 29.2 Å². The number of hydrogen-bond acceptors (Lipinski definition) is 4. The Labute approximate surface area is 148 Å². The Kier molecular flexibility index (Phi) is 7.03. The summed E-state index contributed by atoms with van der Waals surface area (Å²) in [5.74, 6) is -0.0428. The molecular formula is C16H23ClN2O4S. The number of likely N-dealkylation sites (tertiary alicyclic amines) is 1. The number of benzene rings is 1. The monoisotopic (exact) mass is 374 g/mol. The largest absolute Gasteiger partial charge is 0.378 e. The minimum absolute atomic E-state index is 0.0428. The molecule has 0 aromatic heterocycles. The highest BCUT2D eigenvalue weighted by Gasteiger charge is 2.23. The van der Waals surface area contributed by atoms with Crippen molar-refractivity contribution in [1.82, 2.24) is 9.62 Å². The van der Waals surface area contributed by atoms with E-state index >= 15 is 0 Å². The van der Waals surface area contributed by atoms with E-state index in [2.05, 4.69) is 4.72 Å². The first kappa shape index (κ1) is 19.2. The maximum absolute atomic E-state index is 12.2. The Balaban J connectivity index is 1.78. The van der Waals surface area contributed by atoms with Crippen molar-refractivity contribution < 1.29 is 17.9 Å². The van der Waals surface area contributed by atoms with Gasteiger partial charge in [-0.25, -0.2) is 13.1 Å². The third kappa shape index (κ3) is 5.44. The average molecular weight is 375 g/mol. The molecule has 0 aliphatic carbocycles. The van der Waals surface area contributed by atoms with Gasteiger partial charge >= 0.3 is 0 Å². The minimum atomic E-state index is -3.65. The van der Waals surface area contributed by atoms with Crippen LogP contribution < -0.4 is 4.72 Å². The highest BCUT2D eigenvalue weighted by atomic mass is 35.5. The number of amides is 1. The number of ether oxygens (including phenoxy) is 1. The van der Waals surface area contributed by atoms with Crippen LogP contribution in [0.2, 0.25) is 5.02 Å². The second kappa shape index (κ2) is 8.80. The van der Waals surface area contributed by atoms with Crippen molar-refractivity contribution in [2.75, 3.05) is 26.2 Å². The van der Waals surface area contributed by atoms with Crippen LogP contribution in [0.1, 0.15) is 26.2 Å². The number of rotatable bonds is 7. The molecule has 1 aliphatic heterocycles. The van der Waals surface area contributed by atoms with Crippen LogP contribution in [0.5, 0.6) is 0 Å². The van der Waals surface area contributed by atoms with Crippen molar-refractivity contribution in [3.8, 4) is 0 Å². The van der Waals surface area contributed by atoms with E-state index in [0.717, 1.165) is 12.8 Å². The maximum Gasteiger partial charge on any atom is 0.240 e. The lowest BCUT2D eigenvalue weighted by Crippen LogP contribution is -2.42. The van der Waals surface area contributed by atoms with Gasteiger partial charge in [0.1, 0.15) is 0 Å². The molecule has 1 aromatic carbocycles. The van der Waals surface area contributed by atoms with Gasteiger partial charge in [-0.15, -0.1) is 0 Å². The maximum atomic E-state index is 12.2. The van der Waals surface area contributed by atoms with Crippen LogP contribution in [-0.2, 0) is 19.6 Å². The SMILES string of the molecule is CCOC1CCN(C(=O)CCNS(=O)(=O)c2cccc(Cl)c2)CC1. The lowest BCUT2D eigenvalue weighted by molar-refractivity contribution is -0.133. The van der Waals surface area contributed by atoms with Crippen LogP contribution in [0, 0.1) is 0 Å². The standard InChI is InChI=1S/C16H23ClN2O4S/c1-2-23-14-7-10-19(11-8-14)16(20)6-9-18-24(21,22)15-5-3-4-13(17)12-15/h3-5,12,14,18H,2,6-11H2,1H3. The molecule has 1 amide bonds. The molecule has 0 spiro atoms. The summed E-state index contributed by atoms with van der Waals surface area (Å²) in [5, 5.41) is 0.353. The van der Waals surface area contributed by atoms with Crippen molar-refractivity contribution in [1.29, 1.82) is 0 Å². The van der Waals surface area contributed by atoms with Gasteiger partial charge in [0.05, 0.1) is 11.0 Å². The molecule has 0 unspecified atom stereocenters. The van der Waals surface area contributed by atoms with E-state index in [1.807, 2.05) is 6.92 Å². The molecule has 1 heterocycles. The molecular weight excluding hydrogens is 352 g/mol. The van der Waals surface area contributed by atoms with Crippen molar-refractivity contribution in [3.05, 3.63) is 29.3 Å². The van der Waals surface area contributed by atoms with E-state index in [1.165, 1.54) is 12.1 Å². The van der Waals surface area contributed by atoms with Gasteiger partial charge < -0.3 is 9.64 Å². The van der Waals surface area contributed by atoms with E-state index < -0.39 is 10.0 Å². The molecule has 8 heteroatoms. The summed E-state index contributed by atoms with van der Waals surface area (Å²) in [6, 6.07) is 6.03. The Morgan fingerprint density at radius 3 is 2.71 bits per heavy atom. The third-order valence-electron chi connectivity index (χ3n) is 3.93. The fraction of sp³-hybridized carbons (Fsp3) is 0.562. The lowest BCUT2D eigenvalue weighted by atomic mass is 10.1. The van der Waals surface area contributed by atoms with Gasteiger partial charge in [-0.2, -0.15) is 0 Å². The summed E-state index contributed by atoms with van der Waals surface area (Å²) in [6.45, 7) is 4.03. The van der Waals surface area contributed by atoms with Gasteiger partial charge in [-0.1, -0.05) is 17.7 Å². The van der Waals surface area contributed by atoms with Crippen LogP contribution in [0.3, 0.4) is 0 Å². The lowest BCUT2D eigenvalue weighted by Gasteiger charge is -2.31.